The van der Waals surface area contributed by atoms with Crippen LogP contribution in [-0.4, -0.2) is 39.9 Å². The zero-order valence-electron chi connectivity index (χ0n) is 11.2. The lowest BCUT2D eigenvalue weighted by Crippen LogP contribution is -2.28. The number of hydrogen-bond donors (Lipinski definition) is 4. The zero-order chi connectivity index (χ0) is 13.4. The molecule has 1 aliphatic rings. The summed E-state index contributed by atoms with van der Waals surface area (Å²) in [5, 5.41) is 36.1. The van der Waals surface area contributed by atoms with Crippen LogP contribution in [0.5, 0.6) is 0 Å². The van der Waals surface area contributed by atoms with Gasteiger partial charge in [-0.05, 0) is 49.9 Å². The molecule has 0 radical (unpaired) electrons. The van der Waals surface area contributed by atoms with E-state index >= 15 is 0 Å². The molecule has 3 atom stereocenters. The molecule has 1 aliphatic carbocycles. The Balaban J connectivity index is 2.20. The van der Waals surface area contributed by atoms with E-state index in [9.17, 15) is 10.2 Å². The zero-order valence-corrected chi connectivity index (χ0v) is 11.2. The molecule has 1 fully saturated rings. The van der Waals surface area contributed by atoms with Crippen LogP contribution in [0, 0.1) is 17.8 Å². The molecule has 0 heterocycles. The summed E-state index contributed by atoms with van der Waals surface area (Å²) in [5.74, 6) is 1.34. The molecular formula is C14H28O4. The Hall–Kier alpha value is -0.160. The second-order valence-corrected chi connectivity index (χ2v) is 5.68. The van der Waals surface area contributed by atoms with E-state index in [0.29, 0.717) is 24.2 Å². The molecule has 0 amide bonds. The molecule has 0 bridgehead atoms. The van der Waals surface area contributed by atoms with E-state index in [1.165, 1.54) is 0 Å². The highest BCUT2D eigenvalue weighted by atomic mass is 16.5. The van der Waals surface area contributed by atoms with Gasteiger partial charge in [-0.1, -0.05) is 19.3 Å². The fourth-order valence-electron chi connectivity index (χ4n) is 3.09. The van der Waals surface area contributed by atoms with Gasteiger partial charge in [0.05, 0.1) is 0 Å². The molecular weight excluding hydrogens is 232 g/mol. The van der Waals surface area contributed by atoms with Gasteiger partial charge in [-0.25, -0.2) is 0 Å². The summed E-state index contributed by atoms with van der Waals surface area (Å²) in [6.07, 6.45) is 6.39. The molecule has 0 aromatic carbocycles. The Morgan fingerprint density at radius 2 is 1.67 bits per heavy atom. The van der Waals surface area contributed by atoms with Gasteiger partial charge in [0.1, 0.15) is 0 Å². The minimum atomic E-state index is -1.18. The van der Waals surface area contributed by atoms with Crippen molar-refractivity contribution in [2.75, 3.05) is 13.2 Å². The Bertz CT molecular complexity index is 208. The maximum absolute atomic E-state index is 9.37. The fraction of sp³-hybridized carbons (Fsp3) is 1.00. The maximum atomic E-state index is 9.37. The highest BCUT2D eigenvalue weighted by Gasteiger charge is 2.29. The third kappa shape index (κ3) is 5.65. The van der Waals surface area contributed by atoms with Crippen LogP contribution < -0.4 is 0 Å². The van der Waals surface area contributed by atoms with Crippen molar-refractivity contribution < 1.29 is 20.4 Å². The Morgan fingerprint density at radius 3 is 2.28 bits per heavy atom. The van der Waals surface area contributed by atoms with Gasteiger partial charge in [-0.3, -0.25) is 0 Å². The van der Waals surface area contributed by atoms with E-state index in [1.54, 1.807) is 0 Å². The number of hydrogen-bond acceptors (Lipinski definition) is 4. The van der Waals surface area contributed by atoms with Gasteiger partial charge in [-0.15, -0.1) is 0 Å². The van der Waals surface area contributed by atoms with Crippen LogP contribution in [0.15, 0.2) is 0 Å². The minimum absolute atomic E-state index is 0.262. The monoisotopic (exact) mass is 260 g/mol. The van der Waals surface area contributed by atoms with Crippen molar-refractivity contribution >= 4 is 0 Å². The van der Waals surface area contributed by atoms with Gasteiger partial charge in [0.25, 0.3) is 0 Å². The lowest BCUT2D eigenvalue weighted by molar-refractivity contribution is -0.0466. The number of aliphatic hydroxyl groups excluding tert-OH is 3. The molecule has 4 heteroatoms. The predicted molar refractivity (Wildman–Crippen MR) is 69.8 cm³/mol. The third-order valence-corrected chi connectivity index (χ3v) is 4.28. The van der Waals surface area contributed by atoms with Gasteiger partial charge >= 0.3 is 0 Å². The normalized spacial score (nSPS) is 28.8. The first kappa shape index (κ1) is 15.9. The molecule has 4 nitrogen and oxygen atoms in total. The number of aliphatic hydroxyl groups is 4. The van der Waals surface area contributed by atoms with Crippen molar-refractivity contribution in [2.45, 2.75) is 57.7 Å². The molecule has 0 aromatic heterocycles. The smallest absolute Gasteiger partial charge is 0.151 e. The van der Waals surface area contributed by atoms with E-state index < -0.39 is 6.29 Å². The second-order valence-electron chi connectivity index (χ2n) is 5.68. The summed E-state index contributed by atoms with van der Waals surface area (Å²) < 4.78 is 0. The minimum Gasteiger partial charge on any atom is -0.396 e. The van der Waals surface area contributed by atoms with Crippen LogP contribution in [0.25, 0.3) is 0 Å². The van der Waals surface area contributed by atoms with Crippen molar-refractivity contribution in [3.05, 3.63) is 0 Å². The molecule has 0 aromatic rings. The molecule has 1 rings (SSSR count). The van der Waals surface area contributed by atoms with Gasteiger partial charge in [-0.2, -0.15) is 0 Å². The number of rotatable bonds is 8. The second kappa shape index (κ2) is 8.86. The maximum Gasteiger partial charge on any atom is 0.151 e. The highest BCUT2D eigenvalue weighted by Crippen LogP contribution is 2.36. The van der Waals surface area contributed by atoms with Crippen LogP contribution in [0.3, 0.4) is 0 Å². The standard InChI is InChI=1S/C14H28O4/c15-9-11-6-7-13(10-16)12(8-11)4-2-1-3-5-14(17)18/h11-18H,1-10H2. The van der Waals surface area contributed by atoms with Crippen LogP contribution in [0.4, 0.5) is 0 Å². The van der Waals surface area contributed by atoms with E-state index in [-0.39, 0.29) is 13.2 Å². The predicted octanol–water partition coefficient (Wildman–Crippen LogP) is 1.26. The molecule has 1 saturated carbocycles. The topological polar surface area (TPSA) is 80.9 Å². The van der Waals surface area contributed by atoms with Crippen LogP contribution in [0.2, 0.25) is 0 Å². The van der Waals surface area contributed by atoms with E-state index in [2.05, 4.69) is 0 Å². The summed E-state index contributed by atoms with van der Waals surface area (Å²) in [6, 6.07) is 0. The van der Waals surface area contributed by atoms with Gasteiger partial charge in [0.15, 0.2) is 6.29 Å². The summed E-state index contributed by atoms with van der Waals surface area (Å²) in [7, 11) is 0. The molecule has 0 spiro atoms. The SMILES string of the molecule is OCC1CCC(CO)C(CCCCCC(O)O)C1. The van der Waals surface area contributed by atoms with Gasteiger partial charge in [0, 0.05) is 13.2 Å². The van der Waals surface area contributed by atoms with E-state index in [0.717, 1.165) is 44.9 Å². The first-order chi connectivity index (χ1) is 8.67. The quantitative estimate of drug-likeness (QED) is 0.391. The Kier molecular flexibility index (Phi) is 7.82. The van der Waals surface area contributed by atoms with Crippen molar-refractivity contribution in [2.24, 2.45) is 17.8 Å². The van der Waals surface area contributed by atoms with Crippen LogP contribution >= 0.6 is 0 Å². The van der Waals surface area contributed by atoms with E-state index in [1.807, 2.05) is 0 Å². The average molecular weight is 260 g/mol. The summed E-state index contributed by atoms with van der Waals surface area (Å²) in [6.45, 7) is 0.531. The average Bonchev–Trinajstić information content (AvgIpc) is 2.37. The molecule has 4 N–H and O–H groups in total. The molecule has 3 unspecified atom stereocenters. The van der Waals surface area contributed by atoms with Gasteiger partial charge < -0.3 is 20.4 Å². The van der Waals surface area contributed by atoms with Crippen LogP contribution in [0.1, 0.15) is 51.4 Å². The first-order valence-corrected chi connectivity index (χ1v) is 7.25. The van der Waals surface area contributed by atoms with E-state index in [4.69, 9.17) is 10.2 Å². The largest absolute Gasteiger partial charge is 0.396 e. The van der Waals surface area contributed by atoms with Crippen LogP contribution in [-0.2, 0) is 0 Å². The third-order valence-electron chi connectivity index (χ3n) is 4.28. The van der Waals surface area contributed by atoms with Crippen molar-refractivity contribution in [1.29, 1.82) is 0 Å². The molecule has 0 saturated heterocycles. The highest BCUT2D eigenvalue weighted by molar-refractivity contribution is 4.79. The molecule has 18 heavy (non-hydrogen) atoms. The van der Waals surface area contributed by atoms with Gasteiger partial charge in [0.2, 0.25) is 0 Å². The lowest BCUT2D eigenvalue weighted by Gasteiger charge is -2.34. The Morgan fingerprint density at radius 1 is 0.889 bits per heavy atom. The summed E-state index contributed by atoms with van der Waals surface area (Å²) in [5.41, 5.74) is 0. The van der Waals surface area contributed by atoms with Crippen molar-refractivity contribution in [3.63, 3.8) is 0 Å². The number of unbranched alkanes of at least 4 members (excludes halogenated alkanes) is 2. The fourth-order valence-corrected chi connectivity index (χ4v) is 3.09. The summed E-state index contributed by atoms with van der Waals surface area (Å²) >= 11 is 0. The molecule has 108 valence electrons. The lowest BCUT2D eigenvalue weighted by atomic mass is 9.72. The van der Waals surface area contributed by atoms with Crippen molar-refractivity contribution in [3.8, 4) is 0 Å². The summed E-state index contributed by atoms with van der Waals surface area (Å²) in [4.78, 5) is 0. The van der Waals surface area contributed by atoms with Crippen molar-refractivity contribution in [1.82, 2.24) is 0 Å². The first-order valence-electron chi connectivity index (χ1n) is 7.25. The molecule has 0 aliphatic heterocycles. The Labute approximate surface area is 110 Å².